The van der Waals surface area contributed by atoms with Gasteiger partial charge in [0.15, 0.2) is 0 Å². The van der Waals surface area contributed by atoms with E-state index in [0.717, 1.165) is 19.4 Å². The van der Waals surface area contributed by atoms with Gasteiger partial charge in [0.2, 0.25) is 5.91 Å². The molecule has 0 aromatic heterocycles. The molecule has 0 radical (unpaired) electrons. The summed E-state index contributed by atoms with van der Waals surface area (Å²) in [5.41, 5.74) is 0.218. The minimum Gasteiger partial charge on any atom is -0.378 e. The Bertz CT molecular complexity index is 433. The zero-order valence-corrected chi connectivity index (χ0v) is 11.0. The van der Waals surface area contributed by atoms with Crippen LogP contribution in [-0.2, 0) is 9.53 Å². The number of carbonyl (C=O) groups excluding carboxylic acids is 1. The normalized spacial score (nSPS) is 21.8. The third kappa shape index (κ3) is 4.01. The van der Waals surface area contributed by atoms with Crippen molar-refractivity contribution in [1.82, 2.24) is 5.32 Å². The molecule has 4 nitrogen and oxygen atoms in total. The van der Waals surface area contributed by atoms with E-state index < -0.39 is 5.82 Å². The number of ether oxygens (including phenoxy) is 1. The van der Waals surface area contributed by atoms with Crippen LogP contribution in [-0.4, -0.2) is 31.2 Å². The van der Waals surface area contributed by atoms with Gasteiger partial charge in [-0.05, 0) is 31.9 Å². The third-order valence-electron chi connectivity index (χ3n) is 3.20. The topological polar surface area (TPSA) is 50.4 Å². The smallest absolute Gasteiger partial charge is 0.238 e. The van der Waals surface area contributed by atoms with Crippen molar-refractivity contribution in [3.05, 3.63) is 30.1 Å². The van der Waals surface area contributed by atoms with Gasteiger partial charge in [0.05, 0.1) is 18.3 Å². The molecule has 19 heavy (non-hydrogen) atoms. The highest BCUT2D eigenvalue weighted by molar-refractivity contribution is 5.92. The first-order valence-electron chi connectivity index (χ1n) is 6.58. The molecule has 0 unspecified atom stereocenters. The van der Waals surface area contributed by atoms with E-state index in [1.165, 1.54) is 6.07 Å². The van der Waals surface area contributed by atoms with Gasteiger partial charge in [-0.1, -0.05) is 12.1 Å². The summed E-state index contributed by atoms with van der Waals surface area (Å²) in [5, 5.41) is 5.67. The number of anilines is 1. The molecular formula is C14H19FN2O2. The first-order valence-corrected chi connectivity index (χ1v) is 6.58. The van der Waals surface area contributed by atoms with Gasteiger partial charge in [-0.15, -0.1) is 0 Å². The molecule has 1 aromatic rings. The lowest BCUT2D eigenvalue weighted by molar-refractivity contribution is -0.116. The molecule has 0 atom stereocenters. The highest BCUT2D eigenvalue weighted by atomic mass is 19.1. The highest BCUT2D eigenvalue weighted by Crippen LogP contribution is 2.22. The van der Waals surface area contributed by atoms with Gasteiger partial charge >= 0.3 is 0 Å². The molecular weight excluding hydrogens is 247 g/mol. The molecule has 2 N–H and O–H groups in total. The molecule has 1 saturated carbocycles. The summed E-state index contributed by atoms with van der Waals surface area (Å²) in [5.74, 6) is -0.652. The lowest BCUT2D eigenvalue weighted by atomic mass is 9.89. The van der Waals surface area contributed by atoms with E-state index in [0.29, 0.717) is 12.1 Å². The van der Waals surface area contributed by atoms with Crippen molar-refractivity contribution in [1.29, 1.82) is 0 Å². The molecule has 0 heterocycles. The van der Waals surface area contributed by atoms with E-state index in [4.69, 9.17) is 4.74 Å². The minimum atomic E-state index is -0.420. The Hall–Kier alpha value is -1.46. The van der Waals surface area contributed by atoms with Crippen LogP contribution in [0.3, 0.4) is 0 Å². The van der Waals surface area contributed by atoms with Crippen LogP contribution < -0.4 is 10.6 Å². The Labute approximate surface area is 112 Å². The van der Waals surface area contributed by atoms with Crippen LogP contribution in [0.4, 0.5) is 10.1 Å². The van der Waals surface area contributed by atoms with Crippen molar-refractivity contribution >= 4 is 11.6 Å². The molecule has 0 bridgehead atoms. The minimum absolute atomic E-state index is 0.192. The Balaban J connectivity index is 1.67. The van der Waals surface area contributed by atoms with Crippen LogP contribution in [0.25, 0.3) is 0 Å². The fraction of sp³-hybridized carbons (Fsp3) is 0.500. The molecule has 2 rings (SSSR count). The molecule has 1 aliphatic carbocycles. The second-order valence-electron chi connectivity index (χ2n) is 4.65. The van der Waals surface area contributed by atoms with Crippen LogP contribution in [0, 0.1) is 5.82 Å². The van der Waals surface area contributed by atoms with E-state index in [9.17, 15) is 9.18 Å². The summed E-state index contributed by atoms with van der Waals surface area (Å²) in [6.45, 7) is 2.89. The lowest BCUT2D eigenvalue weighted by Gasteiger charge is -2.35. The quantitative estimate of drug-likeness (QED) is 0.827. The first kappa shape index (κ1) is 14.0. The van der Waals surface area contributed by atoms with Crippen molar-refractivity contribution in [3.63, 3.8) is 0 Å². The lowest BCUT2D eigenvalue weighted by Crippen LogP contribution is -2.47. The summed E-state index contributed by atoms with van der Waals surface area (Å²) < 4.78 is 18.7. The summed E-state index contributed by atoms with van der Waals surface area (Å²) in [4.78, 5) is 11.6. The molecule has 0 aliphatic heterocycles. The van der Waals surface area contributed by atoms with E-state index in [1.54, 1.807) is 18.2 Å². The summed E-state index contributed by atoms with van der Waals surface area (Å²) >= 11 is 0. The zero-order chi connectivity index (χ0) is 13.7. The Morgan fingerprint density at radius 1 is 1.42 bits per heavy atom. The monoisotopic (exact) mass is 266 g/mol. The van der Waals surface area contributed by atoms with E-state index in [-0.39, 0.29) is 18.1 Å². The number of carbonyl (C=O) groups is 1. The van der Waals surface area contributed by atoms with Gasteiger partial charge < -0.3 is 15.4 Å². The SMILES string of the molecule is CCOC1CC(NCC(=O)Nc2ccccc2F)C1. The number of amides is 1. The fourth-order valence-electron chi connectivity index (χ4n) is 2.10. The number of nitrogens with one attached hydrogen (secondary N) is 2. The van der Waals surface area contributed by atoms with Crippen LogP contribution in [0.15, 0.2) is 24.3 Å². The maximum atomic E-state index is 13.3. The Kier molecular flexibility index (Phi) is 4.87. The number of hydrogen-bond donors (Lipinski definition) is 2. The van der Waals surface area contributed by atoms with Gasteiger partial charge in [0.1, 0.15) is 5.82 Å². The van der Waals surface area contributed by atoms with Crippen molar-refractivity contribution in [2.24, 2.45) is 0 Å². The second kappa shape index (κ2) is 6.63. The predicted octanol–water partition coefficient (Wildman–Crippen LogP) is 1.92. The van der Waals surface area contributed by atoms with Crippen molar-refractivity contribution < 1.29 is 13.9 Å². The number of benzene rings is 1. The van der Waals surface area contributed by atoms with Gasteiger partial charge in [0, 0.05) is 12.6 Å². The molecule has 1 aromatic carbocycles. The summed E-state index contributed by atoms with van der Waals surface area (Å²) in [7, 11) is 0. The standard InChI is InChI=1S/C14H19FN2O2/c1-2-19-11-7-10(8-11)16-9-14(18)17-13-6-4-3-5-12(13)15/h3-6,10-11,16H,2,7-9H2,1H3,(H,17,18). The number of para-hydroxylation sites is 1. The van der Waals surface area contributed by atoms with E-state index in [2.05, 4.69) is 10.6 Å². The van der Waals surface area contributed by atoms with Crippen LogP contribution >= 0.6 is 0 Å². The number of hydrogen-bond acceptors (Lipinski definition) is 3. The highest BCUT2D eigenvalue weighted by Gasteiger charge is 2.29. The third-order valence-corrected chi connectivity index (χ3v) is 3.20. The van der Waals surface area contributed by atoms with Gasteiger partial charge in [-0.25, -0.2) is 4.39 Å². The van der Waals surface area contributed by atoms with Crippen molar-refractivity contribution in [2.75, 3.05) is 18.5 Å². The fourth-order valence-corrected chi connectivity index (χ4v) is 2.10. The molecule has 5 heteroatoms. The maximum Gasteiger partial charge on any atom is 0.238 e. The van der Waals surface area contributed by atoms with Gasteiger partial charge in [0.25, 0.3) is 0 Å². The molecule has 1 fully saturated rings. The maximum absolute atomic E-state index is 13.3. The first-order chi connectivity index (χ1) is 9.19. The van der Waals surface area contributed by atoms with Crippen LogP contribution in [0.5, 0.6) is 0 Å². The van der Waals surface area contributed by atoms with Gasteiger partial charge in [-0.3, -0.25) is 4.79 Å². The predicted molar refractivity (Wildman–Crippen MR) is 71.5 cm³/mol. The molecule has 104 valence electrons. The zero-order valence-electron chi connectivity index (χ0n) is 11.0. The molecule has 0 spiro atoms. The van der Waals surface area contributed by atoms with Crippen LogP contribution in [0.1, 0.15) is 19.8 Å². The van der Waals surface area contributed by atoms with Crippen molar-refractivity contribution in [3.8, 4) is 0 Å². The van der Waals surface area contributed by atoms with Crippen molar-refractivity contribution in [2.45, 2.75) is 31.9 Å². The Morgan fingerprint density at radius 3 is 2.84 bits per heavy atom. The summed E-state index contributed by atoms with van der Waals surface area (Å²) in [6, 6.07) is 6.46. The second-order valence-corrected chi connectivity index (χ2v) is 4.65. The van der Waals surface area contributed by atoms with Crippen LogP contribution in [0.2, 0.25) is 0 Å². The number of rotatable bonds is 6. The van der Waals surface area contributed by atoms with E-state index >= 15 is 0 Å². The molecule has 1 amide bonds. The largest absolute Gasteiger partial charge is 0.378 e. The van der Waals surface area contributed by atoms with Gasteiger partial charge in [-0.2, -0.15) is 0 Å². The Morgan fingerprint density at radius 2 is 2.16 bits per heavy atom. The average molecular weight is 266 g/mol. The average Bonchev–Trinajstić information content (AvgIpc) is 2.35. The van der Waals surface area contributed by atoms with E-state index in [1.807, 2.05) is 6.92 Å². The molecule has 0 saturated heterocycles. The summed E-state index contributed by atoms with van der Waals surface area (Å²) in [6.07, 6.45) is 2.18. The molecule has 1 aliphatic rings. The number of halogens is 1.